The fourth-order valence-corrected chi connectivity index (χ4v) is 2.56. The number of halogens is 3. The molecule has 1 aliphatic rings. The molecule has 1 unspecified atom stereocenters. The zero-order valence-corrected chi connectivity index (χ0v) is 12.6. The number of nitrogens with one attached hydrogen (secondary N) is 2. The minimum absolute atomic E-state index is 0. The van der Waals surface area contributed by atoms with Crippen LogP contribution in [0.3, 0.4) is 0 Å². The molecule has 2 aromatic rings. The minimum Gasteiger partial charge on any atom is -0.351 e. The van der Waals surface area contributed by atoms with Crippen molar-refractivity contribution in [1.82, 2.24) is 10.6 Å². The summed E-state index contributed by atoms with van der Waals surface area (Å²) >= 11 is 0. The lowest BCUT2D eigenvalue weighted by molar-refractivity contribution is -0.123. The van der Waals surface area contributed by atoms with Gasteiger partial charge in [-0.1, -0.05) is 36.4 Å². The third-order valence-electron chi connectivity index (χ3n) is 3.71. The number of amides is 1. The number of carbonyl (C=O) groups is 1. The SMILES string of the molecule is Cl.O=C(NCc1ccc2ccccc2c1)C1CC(F)(F)CN1. The summed E-state index contributed by atoms with van der Waals surface area (Å²) in [4.78, 5) is 11.9. The Bertz CT molecular complexity index is 678. The van der Waals surface area contributed by atoms with E-state index in [1.807, 2.05) is 42.5 Å². The van der Waals surface area contributed by atoms with Crippen molar-refractivity contribution in [2.45, 2.75) is 24.9 Å². The predicted molar refractivity (Wildman–Crippen MR) is 84.4 cm³/mol. The Morgan fingerprint density at radius 1 is 1.23 bits per heavy atom. The molecule has 0 aromatic heterocycles. The number of hydrogen-bond donors (Lipinski definition) is 2. The summed E-state index contributed by atoms with van der Waals surface area (Å²) in [5.74, 6) is -3.16. The maximum Gasteiger partial charge on any atom is 0.262 e. The highest BCUT2D eigenvalue weighted by Gasteiger charge is 2.42. The van der Waals surface area contributed by atoms with Crippen LogP contribution in [0.4, 0.5) is 8.78 Å². The van der Waals surface area contributed by atoms with Crippen LogP contribution >= 0.6 is 12.4 Å². The number of hydrogen-bond acceptors (Lipinski definition) is 2. The normalized spacial score (nSPS) is 19.6. The lowest BCUT2D eigenvalue weighted by Crippen LogP contribution is -2.40. The zero-order chi connectivity index (χ0) is 14.9. The summed E-state index contributed by atoms with van der Waals surface area (Å²) < 4.78 is 26.1. The van der Waals surface area contributed by atoms with Gasteiger partial charge in [0.1, 0.15) is 0 Å². The van der Waals surface area contributed by atoms with Gasteiger partial charge >= 0.3 is 0 Å². The molecule has 118 valence electrons. The molecular formula is C16H17ClF2N2O. The van der Waals surface area contributed by atoms with Crippen molar-refractivity contribution in [3.8, 4) is 0 Å². The summed E-state index contributed by atoms with van der Waals surface area (Å²) in [5.41, 5.74) is 0.951. The van der Waals surface area contributed by atoms with Gasteiger partial charge in [0.05, 0.1) is 12.6 Å². The molecule has 3 nitrogen and oxygen atoms in total. The smallest absolute Gasteiger partial charge is 0.262 e. The number of fused-ring (bicyclic) bond motifs is 1. The Balaban J connectivity index is 0.00000176. The van der Waals surface area contributed by atoms with Gasteiger partial charge in [-0.05, 0) is 22.4 Å². The van der Waals surface area contributed by atoms with E-state index in [-0.39, 0.29) is 18.3 Å². The molecule has 1 fully saturated rings. The predicted octanol–water partition coefficient (Wildman–Crippen LogP) is 2.88. The highest BCUT2D eigenvalue weighted by molar-refractivity contribution is 5.85. The first-order chi connectivity index (χ1) is 10.0. The van der Waals surface area contributed by atoms with E-state index in [0.717, 1.165) is 16.3 Å². The van der Waals surface area contributed by atoms with Crippen molar-refractivity contribution in [3.05, 3.63) is 48.0 Å². The van der Waals surface area contributed by atoms with Crippen LogP contribution in [0.25, 0.3) is 10.8 Å². The van der Waals surface area contributed by atoms with Gasteiger partial charge in [0.2, 0.25) is 5.91 Å². The van der Waals surface area contributed by atoms with Crippen molar-refractivity contribution < 1.29 is 13.6 Å². The Kier molecular flexibility index (Phi) is 4.98. The van der Waals surface area contributed by atoms with E-state index >= 15 is 0 Å². The number of carbonyl (C=O) groups excluding carboxylic acids is 1. The molecule has 3 rings (SSSR count). The van der Waals surface area contributed by atoms with Crippen LogP contribution < -0.4 is 10.6 Å². The lowest BCUT2D eigenvalue weighted by Gasteiger charge is -2.11. The summed E-state index contributed by atoms with van der Waals surface area (Å²) in [5, 5.41) is 7.48. The van der Waals surface area contributed by atoms with Crippen LogP contribution in [0, 0.1) is 0 Å². The first-order valence-corrected chi connectivity index (χ1v) is 6.90. The molecule has 6 heteroatoms. The summed E-state index contributed by atoms with van der Waals surface area (Å²) in [6.45, 7) is -0.0888. The molecule has 1 amide bonds. The molecular weight excluding hydrogens is 310 g/mol. The van der Waals surface area contributed by atoms with Crippen LogP contribution in [0.15, 0.2) is 42.5 Å². The van der Waals surface area contributed by atoms with Crippen LogP contribution in [-0.4, -0.2) is 24.4 Å². The van der Waals surface area contributed by atoms with E-state index in [0.29, 0.717) is 6.54 Å². The monoisotopic (exact) mass is 326 g/mol. The van der Waals surface area contributed by atoms with Crippen LogP contribution in [-0.2, 0) is 11.3 Å². The first kappa shape index (κ1) is 16.6. The molecule has 2 N–H and O–H groups in total. The number of rotatable bonds is 3. The molecule has 22 heavy (non-hydrogen) atoms. The molecule has 1 heterocycles. The van der Waals surface area contributed by atoms with Crippen LogP contribution in [0.1, 0.15) is 12.0 Å². The van der Waals surface area contributed by atoms with Gasteiger partial charge in [-0.25, -0.2) is 8.78 Å². The Morgan fingerprint density at radius 3 is 2.64 bits per heavy atom. The maximum atomic E-state index is 13.1. The van der Waals surface area contributed by atoms with E-state index < -0.39 is 24.9 Å². The molecule has 0 bridgehead atoms. The Labute approximate surface area is 133 Å². The molecule has 0 aliphatic carbocycles. The second-order valence-electron chi connectivity index (χ2n) is 5.39. The molecule has 0 saturated carbocycles. The quantitative estimate of drug-likeness (QED) is 0.910. The Hall–Kier alpha value is -1.72. The fourth-order valence-electron chi connectivity index (χ4n) is 2.56. The summed E-state index contributed by atoms with van der Waals surface area (Å²) in [6.07, 6.45) is -0.434. The minimum atomic E-state index is -2.79. The standard InChI is InChI=1S/C16H16F2N2O.ClH/c17-16(18)8-14(20-10-16)15(21)19-9-11-5-6-12-3-1-2-4-13(12)7-11;/h1-7,14,20H,8-10H2,(H,19,21);1H. The maximum absolute atomic E-state index is 13.1. The van der Waals surface area contributed by atoms with E-state index in [9.17, 15) is 13.6 Å². The van der Waals surface area contributed by atoms with Crippen molar-refractivity contribution in [3.63, 3.8) is 0 Å². The average Bonchev–Trinajstić information content (AvgIpc) is 2.85. The van der Waals surface area contributed by atoms with E-state index in [2.05, 4.69) is 10.6 Å². The summed E-state index contributed by atoms with van der Waals surface area (Å²) in [7, 11) is 0. The lowest BCUT2D eigenvalue weighted by atomic mass is 10.1. The van der Waals surface area contributed by atoms with Gasteiger partial charge in [0.25, 0.3) is 5.92 Å². The van der Waals surface area contributed by atoms with Gasteiger partial charge in [-0.2, -0.15) is 0 Å². The largest absolute Gasteiger partial charge is 0.351 e. The third-order valence-corrected chi connectivity index (χ3v) is 3.71. The Morgan fingerprint density at radius 2 is 1.95 bits per heavy atom. The second kappa shape index (κ2) is 6.58. The zero-order valence-electron chi connectivity index (χ0n) is 11.8. The van der Waals surface area contributed by atoms with Gasteiger partial charge in [0, 0.05) is 13.0 Å². The molecule has 2 aromatic carbocycles. The van der Waals surface area contributed by atoms with Crippen LogP contribution in [0.5, 0.6) is 0 Å². The highest BCUT2D eigenvalue weighted by atomic mass is 35.5. The van der Waals surface area contributed by atoms with Gasteiger partial charge in [0.15, 0.2) is 0 Å². The molecule has 1 saturated heterocycles. The second-order valence-corrected chi connectivity index (χ2v) is 5.39. The van der Waals surface area contributed by atoms with Crippen molar-refractivity contribution >= 4 is 29.1 Å². The van der Waals surface area contributed by atoms with E-state index in [1.165, 1.54) is 0 Å². The number of benzene rings is 2. The molecule has 0 radical (unpaired) electrons. The fraction of sp³-hybridized carbons (Fsp3) is 0.312. The first-order valence-electron chi connectivity index (χ1n) is 6.90. The van der Waals surface area contributed by atoms with Crippen molar-refractivity contribution in [2.75, 3.05) is 6.54 Å². The third kappa shape index (κ3) is 3.72. The van der Waals surface area contributed by atoms with E-state index in [4.69, 9.17) is 0 Å². The molecule has 1 aliphatic heterocycles. The van der Waals surface area contributed by atoms with Crippen LogP contribution in [0.2, 0.25) is 0 Å². The van der Waals surface area contributed by atoms with E-state index in [1.54, 1.807) is 0 Å². The van der Waals surface area contributed by atoms with Gasteiger partial charge in [-0.3, -0.25) is 10.1 Å². The highest BCUT2D eigenvalue weighted by Crippen LogP contribution is 2.25. The van der Waals surface area contributed by atoms with Gasteiger partial charge in [-0.15, -0.1) is 12.4 Å². The molecule has 0 spiro atoms. The molecule has 1 atom stereocenters. The number of alkyl halides is 2. The average molecular weight is 327 g/mol. The topological polar surface area (TPSA) is 41.1 Å². The van der Waals surface area contributed by atoms with Gasteiger partial charge < -0.3 is 5.32 Å². The van der Waals surface area contributed by atoms with Crippen molar-refractivity contribution in [2.24, 2.45) is 0 Å². The summed E-state index contributed by atoms with van der Waals surface area (Å²) in [6, 6.07) is 13.0. The van der Waals surface area contributed by atoms with Crippen molar-refractivity contribution in [1.29, 1.82) is 0 Å².